The van der Waals surface area contributed by atoms with Crippen molar-refractivity contribution < 1.29 is 19.1 Å². The molecule has 0 spiro atoms. The molecule has 2 heterocycles. The highest BCUT2D eigenvalue weighted by Gasteiger charge is 2.33. The van der Waals surface area contributed by atoms with Crippen molar-refractivity contribution in [3.05, 3.63) is 52.2 Å². The summed E-state index contributed by atoms with van der Waals surface area (Å²) in [5.41, 5.74) is 1.14. The number of carbonyl (C=O) groups excluding carboxylic acids is 2. The first-order chi connectivity index (χ1) is 15.1. The number of fused-ring (bicyclic) bond motifs is 1. The van der Waals surface area contributed by atoms with Gasteiger partial charge in [-0.15, -0.1) is 11.3 Å². The van der Waals surface area contributed by atoms with Gasteiger partial charge >= 0.3 is 6.03 Å². The minimum atomic E-state index is -0.238. The number of nitrogens with zero attached hydrogens (tertiary/aromatic N) is 2. The number of hydrogen-bond acceptors (Lipinski definition) is 5. The summed E-state index contributed by atoms with van der Waals surface area (Å²) in [6.07, 6.45) is 1.66. The van der Waals surface area contributed by atoms with Gasteiger partial charge in [-0.05, 0) is 42.0 Å². The Hall–Kier alpha value is -2.58. The number of benzene rings is 1. The summed E-state index contributed by atoms with van der Waals surface area (Å²) in [5, 5.41) is 4.92. The zero-order valence-corrected chi connectivity index (χ0v) is 19.0. The number of ether oxygens (including phenoxy) is 2. The van der Waals surface area contributed by atoms with Crippen LogP contribution in [-0.4, -0.2) is 68.2 Å². The number of amides is 3. The molecule has 1 aromatic carbocycles. The lowest BCUT2D eigenvalue weighted by molar-refractivity contribution is -0.135. The molecule has 8 heteroatoms. The Bertz CT molecular complexity index is 842. The third kappa shape index (κ3) is 6.21. The summed E-state index contributed by atoms with van der Waals surface area (Å²) in [6, 6.07) is 11.3. The molecule has 0 saturated carbocycles. The highest BCUT2D eigenvalue weighted by Crippen LogP contribution is 2.34. The maximum Gasteiger partial charge on any atom is 0.317 e. The Morgan fingerprint density at radius 1 is 1.26 bits per heavy atom. The SMILES string of the molecule is CCCNC(=O)N(CCOC)CC(=O)N1CCc2sccc2C1COc1ccccc1. The molecular formula is C23H31N3O4S. The van der Waals surface area contributed by atoms with E-state index in [1.807, 2.05) is 42.2 Å². The summed E-state index contributed by atoms with van der Waals surface area (Å²) in [4.78, 5) is 30.5. The van der Waals surface area contributed by atoms with Crippen LogP contribution < -0.4 is 10.1 Å². The number of hydrogen-bond donors (Lipinski definition) is 1. The maximum absolute atomic E-state index is 13.3. The molecule has 3 amide bonds. The molecule has 1 N–H and O–H groups in total. The third-order valence-corrected chi connectivity index (χ3v) is 6.27. The van der Waals surface area contributed by atoms with Crippen molar-refractivity contribution in [3.63, 3.8) is 0 Å². The molecule has 0 saturated heterocycles. The largest absolute Gasteiger partial charge is 0.491 e. The molecule has 1 aliphatic rings. The van der Waals surface area contributed by atoms with Crippen LogP contribution in [0.2, 0.25) is 0 Å². The highest BCUT2D eigenvalue weighted by molar-refractivity contribution is 7.10. The van der Waals surface area contributed by atoms with Gasteiger partial charge in [-0.1, -0.05) is 25.1 Å². The lowest BCUT2D eigenvalue weighted by Crippen LogP contribution is -2.50. The fourth-order valence-corrected chi connectivity index (χ4v) is 4.55. The topological polar surface area (TPSA) is 71.1 Å². The number of rotatable bonds is 10. The summed E-state index contributed by atoms with van der Waals surface area (Å²) in [7, 11) is 1.59. The van der Waals surface area contributed by atoms with Crippen molar-refractivity contribution in [3.8, 4) is 5.75 Å². The molecule has 2 aromatic rings. The van der Waals surface area contributed by atoms with Gasteiger partial charge in [-0.2, -0.15) is 0 Å². The zero-order valence-electron chi connectivity index (χ0n) is 18.2. The van der Waals surface area contributed by atoms with Crippen LogP contribution in [0.5, 0.6) is 5.75 Å². The Kier molecular flexibility index (Phi) is 8.73. The van der Waals surface area contributed by atoms with Crippen molar-refractivity contribution in [1.82, 2.24) is 15.1 Å². The second-order valence-electron chi connectivity index (χ2n) is 7.42. The molecule has 7 nitrogen and oxygen atoms in total. The summed E-state index contributed by atoms with van der Waals surface area (Å²) in [6.45, 7) is 4.31. The van der Waals surface area contributed by atoms with Crippen LogP contribution in [0.15, 0.2) is 41.8 Å². The molecule has 1 unspecified atom stereocenters. The molecular weight excluding hydrogens is 414 g/mol. The Morgan fingerprint density at radius 3 is 2.81 bits per heavy atom. The number of urea groups is 1. The van der Waals surface area contributed by atoms with E-state index in [9.17, 15) is 9.59 Å². The van der Waals surface area contributed by atoms with Crippen LogP contribution in [0.25, 0.3) is 0 Å². The molecule has 0 bridgehead atoms. The van der Waals surface area contributed by atoms with Crippen LogP contribution in [0.1, 0.15) is 29.8 Å². The smallest absolute Gasteiger partial charge is 0.317 e. The summed E-state index contributed by atoms with van der Waals surface area (Å²) < 4.78 is 11.2. The lowest BCUT2D eigenvalue weighted by atomic mass is 10.0. The van der Waals surface area contributed by atoms with Gasteiger partial charge in [0.25, 0.3) is 0 Å². The fourth-order valence-electron chi connectivity index (χ4n) is 3.62. The van der Waals surface area contributed by atoms with E-state index in [4.69, 9.17) is 9.47 Å². The average molecular weight is 446 g/mol. The predicted octanol–water partition coefficient (Wildman–Crippen LogP) is 3.32. The molecule has 168 valence electrons. The Morgan fingerprint density at radius 2 is 2.06 bits per heavy atom. The van der Waals surface area contributed by atoms with Crippen molar-refractivity contribution in [2.24, 2.45) is 0 Å². The van der Waals surface area contributed by atoms with Gasteiger partial charge in [0.1, 0.15) is 18.9 Å². The zero-order chi connectivity index (χ0) is 22.1. The van der Waals surface area contributed by atoms with E-state index in [0.717, 1.165) is 24.2 Å². The molecule has 0 radical (unpaired) electrons. The minimum Gasteiger partial charge on any atom is -0.491 e. The molecule has 1 atom stereocenters. The van der Waals surface area contributed by atoms with E-state index in [1.54, 1.807) is 18.4 Å². The van der Waals surface area contributed by atoms with E-state index in [0.29, 0.717) is 32.8 Å². The minimum absolute atomic E-state index is 0.0141. The van der Waals surface area contributed by atoms with E-state index in [-0.39, 0.29) is 24.5 Å². The number of carbonyl (C=O) groups is 2. The van der Waals surface area contributed by atoms with Crippen molar-refractivity contribution in [2.75, 3.05) is 46.5 Å². The van der Waals surface area contributed by atoms with Crippen LogP contribution >= 0.6 is 11.3 Å². The van der Waals surface area contributed by atoms with E-state index in [2.05, 4.69) is 16.8 Å². The predicted molar refractivity (Wildman–Crippen MR) is 122 cm³/mol. The van der Waals surface area contributed by atoms with Gasteiger partial charge in [-0.25, -0.2) is 4.79 Å². The van der Waals surface area contributed by atoms with Crippen LogP contribution in [0.3, 0.4) is 0 Å². The molecule has 0 fully saturated rings. The maximum atomic E-state index is 13.3. The van der Waals surface area contributed by atoms with E-state index < -0.39 is 0 Å². The second-order valence-corrected chi connectivity index (χ2v) is 8.42. The first-order valence-electron chi connectivity index (χ1n) is 10.7. The first-order valence-corrected chi connectivity index (χ1v) is 11.6. The molecule has 0 aliphatic carbocycles. The van der Waals surface area contributed by atoms with Gasteiger partial charge < -0.3 is 24.6 Å². The van der Waals surface area contributed by atoms with Crippen LogP contribution in [0.4, 0.5) is 4.79 Å². The number of nitrogens with one attached hydrogen (secondary N) is 1. The molecule has 31 heavy (non-hydrogen) atoms. The Balaban J connectivity index is 1.72. The summed E-state index contributed by atoms with van der Waals surface area (Å²) >= 11 is 1.72. The molecule has 1 aliphatic heterocycles. The average Bonchev–Trinajstić information content (AvgIpc) is 3.28. The second kappa shape index (κ2) is 11.7. The normalized spacial score (nSPS) is 15.3. The van der Waals surface area contributed by atoms with Gasteiger partial charge in [0.2, 0.25) is 5.91 Å². The van der Waals surface area contributed by atoms with Crippen LogP contribution in [-0.2, 0) is 16.0 Å². The standard InChI is InChI=1S/C23H31N3O4S/c1-3-11-24-23(28)25(13-14-29-2)16-22(27)26-12-9-21-19(10-15-31-21)20(26)17-30-18-7-5-4-6-8-18/h4-8,10,15,20H,3,9,11-14,16-17H2,1-2H3,(H,24,28). The van der Waals surface area contributed by atoms with E-state index in [1.165, 1.54) is 9.78 Å². The summed E-state index contributed by atoms with van der Waals surface area (Å²) in [5.74, 6) is 0.694. The first kappa shape index (κ1) is 23.1. The fraction of sp³-hybridized carbons (Fsp3) is 0.478. The lowest BCUT2D eigenvalue weighted by Gasteiger charge is -2.37. The van der Waals surface area contributed by atoms with Gasteiger partial charge in [0.05, 0.1) is 12.6 Å². The number of thiophene rings is 1. The molecule has 1 aromatic heterocycles. The monoisotopic (exact) mass is 445 g/mol. The number of methoxy groups -OCH3 is 1. The Labute approximate surface area is 187 Å². The quantitative estimate of drug-likeness (QED) is 0.609. The number of para-hydroxylation sites is 1. The van der Waals surface area contributed by atoms with E-state index >= 15 is 0 Å². The van der Waals surface area contributed by atoms with Crippen molar-refractivity contribution >= 4 is 23.3 Å². The molecule has 3 rings (SSSR count). The van der Waals surface area contributed by atoms with Gasteiger partial charge in [0, 0.05) is 31.6 Å². The van der Waals surface area contributed by atoms with Gasteiger partial charge in [0.15, 0.2) is 0 Å². The van der Waals surface area contributed by atoms with Crippen LogP contribution in [0, 0.1) is 0 Å². The van der Waals surface area contributed by atoms with Gasteiger partial charge in [-0.3, -0.25) is 4.79 Å². The van der Waals surface area contributed by atoms with Crippen molar-refractivity contribution in [1.29, 1.82) is 0 Å². The van der Waals surface area contributed by atoms with Crippen molar-refractivity contribution in [2.45, 2.75) is 25.8 Å². The highest BCUT2D eigenvalue weighted by atomic mass is 32.1. The third-order valence-electron chi connectivity index (χ3n) is 5.27.